The van der Waals surface area contributed by atoms with Crippen molar-refractivity contribution >= 4 is 47.6 Å². The van der Waals surface area contributed by atoms with Gasteiger partial charge in [0.05, 0.1) is 13.0 Å². The van der Waals surface area contributed by atoms with Crippen LogP contribution >= 0.6 is 35.7 Å². The largest absolute Gasteiger partial charge is 0.357 e. The molecule has 0 bridgehead atoms. The van der Waals surface area contributed by atoms with Crippen LogP contribution in [0.3, 0.4) is 0 Å². The van der Waals surface area contributed by atoms with Gasteiger partial charge in [-0.25, -0.2) is 13.8 Å². The summed E-state index contributed by atoms with van der Waals surface area (Å²) in [5, 5.41) is 9.16. The zero-order chi connectivity index (χ0) is 21.8. The first-order chi connectivity index (χ1) is 14.5. The molecular formula is C22H29F2IN4OS. The number of nitrogens with zero attached hydrogens (tertiary/aromatic N) is 1. The van der Waals surface area contributed by atoms with Crippen LogP contribution in [-0.2, 0) is 23.5 Å². The number of thioether (sulfide) groups is 1. The Morgan fingerprint density at radius 2 is 1.65 bits per heavy atom. The topological polar surface area (TPSA) is 65.5 Å². The summed E-state index contributed by atoms with van der Waals surface area (Å²) in [6, 6.07) is 10.7. The number of carbonyl (C=O) groups is 1. The Labute approximate surface area is 203 Å². The van der Waals surface area contributed by atoms with Gasteiger partial charge >= 0.3 is 0 Å². The fourth-order valence-electron chi connectivity index (χ4n) is 2.78. The van der Waals surface area contributed by atoms with E-state index in [9.17, 15) is 13.6 Å². The van der Waals surface area contributed by atoms with Gasteiger partial charge in [0.1, 0.15) is 11.6 Å². The van der Waals surface area contributed by atoms with Gasteiger partial charge in [0.15, 0.2) is 5.96 Å². The third-order valence-electron chi connectivity index (χ3n) is 4.24. The molecule has 9 heteroatoms. The molecular weight excluding hydrogens is 533 g/mol. The number of hydrogen-bond acceptors (Lipinski definition) is 3. The molecule has 0 unspecified atom stereocenters. The van der Waals surface area contributed by atoms with Gasteiger partial charge in [0.25, 0.3) is 0 Å². The van der Waals surface area contributed by atoms with E-state index in [1.165, 1.54) is 18.2 Å². The van der Waals surface area contributed by atoms with Crippen molar-refractivity contribution in [2.24, 2.45) is 4.99 Å². The number of guanidine groups is 1. The number of rotatable bonds is 10. The molecule has 0 atom stereocenters. The van der Waals surface area contributed by atoms with E-state index in [1.54, 1.807) is 36.0 Å². The highest BCUT2D eigenvalue weighted by molar-refractivity contribution is 14.0. The van der Waals surface area contributed by atoms with Crippen LogP contribution in [0.4, 0.5) is 8.78 Å². The lowest BCUT2D eigenvalue weighted by Gasteiger charge is -2.13. The molecule has 2 aromatic rings. The van der Waals surface area contributed by atoms with Gasteiger partial charge in [-0.05, 0) is 54.1 Å². The quantitative estimate of drug-likeness (QED) is 0.178. The van der Waals surface area contributed by atoms with E-state index in [0.29, 0.717) is 32.1 Å². The molecule has 5 nitrogen and oxygen atoms in total. The Balaban J connectivity index is 0.00000480. The molecule has 170 valence electrons. The van der Waals surface area contributed by atoms with E-state index in [-0.39, 0.29) is 47.9 Å². The number of amides is 1. The van der Waals surface area contributed by atoms with Gasteiger partial charge in [0.2, 0.25) is 5.91 Å². The number of benzene rings is 2. The normalized spacial score (nSPS) is 10.9. The van der Waals surface area contributed by atoms with Crippen LogP contribution in [-0.4, -0.2) is 37.8 Å². The minimum absolute atomic E-state index is 0. The summed E-state index contributed by atoms with van der Waals surface area (Å²) in [6.07, 6.45) is 2.19. The van der Waals surface area contributed by atoms with E-state index in [4.69, 9.17) is 0 Å². The summed E-state index contributed by atoms with van der Waals surface area (Å²) in [4.78, 5) is 16.6. The van der Waals surface area contributed by atoms with Crippen LogP contribution in [0.2, 0.25) is 0 Å². The van der Waals surface area contributed by atoms with E-state index in [2.05, 4.69) is 20.9 Å². The lowest BCUT2D eigenvalue weighted by molar-refractivity contribution is -0.120. The summed E-state index contributed by atoms with van der Waals surface area (Å²) in [5.41, 5.74) is 2.68. The summed E-state index contributed by atoms with van der Waals surface area (Å²) in [6.45, 7) is 4.03. The van der Waals surface area contributed by atoms with Crippen molar-refractivity contribution < 1.29 is 13.6 Å². The van der Waals surface area contributed by atoms with Crippen molar-refractivity contribution in [2.45, 2.75) is 25.6 Å². The highest BCUT2D eigenvalue weighted by Crippen LogP contribution is 2.17. The Bertz CT molecular complexity index is 850. The van der Waals surface area contributed by atoms with E-state index in [1.807, 2.05) is 13.2 Å². The van der Waals surface area contributed by atoms with Crippen molar-refractivity contribution in [3.05, 3.63) is 70.8 Å². The standard InChI is InChI=1S/C22H28F2N4OS.HI/c1-3-25-22(28-14-17-6-9-20(24)13-18(17)15-30-2)27-11-10-26-21(29)12-16-4-7-19(23)8-5-16;/h4-9,13H,3,10-12,14-15H2,1-2H3,(H,26,29)(H2,25,27,28);1H. The zero-order valence-electron chi connectivity index (χ0n) is 17.7. The zero-order valence-corrected chi connectivity index (χ0v) is 20.9. The number of aliphatic imine (C=N–C) groups is 1. The number of carbonyl (C=O) groups excluding carboxylic acids is 1. The number of nitrogens with one attached hydrogen (secondary N) is 3. The fourth-order valence-corrected chi connectivity index (χ4v) is 3.36. The number of hydrogen-bond donors (Lipinski definition) is 3. The molecule has 0 aliphatic heterocycles. The molecule has 0 saturated heterocycles. The molecule has 31 heavy (non-hydrogen) atoms. The maximum absolute atomic E-state index is 13.5. The molecule has 0 heterocycles. The first kappa shape index (κ1) is 27.2. The molecule has 0 aliphatic carbocycles. The highest BCUT2D eigenvalue weighted by atomic mass is 127. The second kappa shape index (κ2) is 15.0. The molecule has 0 spiro atoms. The summed E-state index contributed by atoms with van der Waals surface area (Å²) < 4.78 is 26.4. The van der Waals surface area contributed by atoms with Crippen LogP contribution in [0.5, 0.6) is 0 Å². The number of halogens is 3. The van der Waals surface area contributed by atoms with Crippen LogP contribution in [0, 0.1) is 11.6 Å². The Morgan fingerprint density at radius 3 is 2.32 bits per heavy atom. The monoisotopic (exact) mass is 562 g/mol. The third kappa shape index (κ3) is 10.3. The molecule has 0 aromatic heterocycles. The molecule has 0 fully saturated rings. The van der Waals surface area contributed by atoms with Crippen LogP contribution in [0.25, 0.3) is 0 Å². The van der Waals surface area contributed by atoms with Gasteiger partial charge in [-0.1, -0.05) is 18.2 Å². The second-order valence-corrected chi connectivity index (χ2v) is 7.49. The summed E-state index contributed by atoms with van der Waals surface area (Å²) in [5.74, 6) is 0.670. The van der Waals surface area contributed by atoms with Crippen molar-refractivity contribution in [1.82, 2.24) is 16.0 Å². The second-order valence-electron chi connectivity index (χ2n) is 6.62. The smallest absolute Gasteiger partial charge is 0.224 e. The minimum Gasteiger partial charge on any atom is -0.357 e. The lowest BCUT2D eigenvalue weighted by atomic mass is 10.1. The van der Waals surface area contributed by atoms with Gasteiger partial charge in [0, 0.05) is 25.4 Å². The maximum Gasteiger partial charge on any atom is 0.224 e. The van der Waals surface area contributed by atoms with E-state index >= 15 is 0 Å². The SMILES string of the molecule is CCNC(=NCc1ccc(F)cc1CSC)NCCNC(=O)Cc1ccc(F)cc1.I. The minimum atomic E-state index is -0.320. The molecule has 0 saturated carbocycles. The van der Waals surface area contributed by atoms with Gasteiger partial charge in [-0.2, -0.15) is 11.8 Å². The van der Waals surface area contributed by atoms with E-state index in [0.717, 1.165) is 22.4 Å². The molecule has 2 aromatic carbocycles. The van der Waals surface area contributed by atoms with Crippen molar-refractivity contribution in [3.63, 3.8) is 0 Å². The Kier molecular flexibility index (Phi) is 13.1. The highest BCUT2D eigenvalue weighted by Gasteiger charge is 2.06. The van der Waals surface area contributed by atoms with Gasteiger partial charge in [-0.3, -0.25) is 4.79 Å². The molecule has 0 radical (unpaired) electrons. The van der Waals surface area contributed by atoms with Crippen molar-refractivity contribution in [3.8, 4) is 0 Å². The molecule has 1 amide bonds. The Hall–Kier alpha value is -1.88. The predicted octanol–water partition coefficient (Wildman–Crippen LogP) is 3.86. The molecule has 2 rings (SSSR count). The summed E-state index contributed by atoms with van der Waals surface area (Å²) in [7, 11) is 0. The molecule has 3 N–H and O–H groups in total. The lowest BCUT2D eigenvalue weighted by Crippen LogP contribution is -2.41. The summed E-state index contributed by atoms with van der Waals surface area (Å²) >= 11 is 1.64. The van der Waals surface area contributed by atoms with Crippen molar-refractivity contribution in [1.29, 1.82) is 0 Å². The van der Waals surface area contributed by atoms with Gasteiger partial charge < -0.3 is 16.0 Å². The van der Waals surface area contributed by atoms with E-state index < -0.39 is 0 Å². The molecule has 0 aliphatic rings. The average Bonchev–Trinajstić information content (AvgIpc) is 2.72. The van der Waals surface area contributed by atoms with Crippen LogP contribution < -0.4 is 16.0 Å². The Morgan fingerprint density at radius 1 is 0.968 bits per heavy atom. The first-order valence-electron chi connectivity index (χ1n) is 9.81. The average molecular weight is 562 g/mol. The fraction of sp³-hybridized carbons (Fsp3) is 0.364. The van der Waals surface area contributed by atoms with Crippen LogP contribution in [0.15, 0.2) is 47.5 Å². The first-order valence-corrected chi connectivity index (χ1v) is 11.2. The van der Waals surface area contributed by atoms with Crippen molar-refractivity contribution in [2.75, 3.05) is 25.9 Å². The predicted molar refractivity (Wildman–Crippen MR) is 135 cm³/mol. The van der Waals surface area contributed by atoms with Crippen LogP contribution in [0.1, 0.15) is 23.6 Å². The maximum atomic E-state index is 13.5. The van der Waals surface area contributed by atoms with Gasteiger partial charge in [-0.15, -0.1) is 24.0 Å². The third-order valence-corrected chi connectivity index (χ3v) is 4.84.